The summed E-state index contributed by atoms with van der Waals surface area (Å²) in [5.41, 5.74) is 0.855. The molecule has 0 aliphatic carbocycles. The first-order valence-corrected chi connectivity index (χ1v) is 10.9. The largest absolute Gasteiger partial charge is 0.338 e. The molecule has 0 aliphatic heterocycles. The normalized spacial score (nSPS) is 11.9. The van der Waals surface area contributed by atoms with Crippen molar-refractivity contribution in [1.29, 1.82) is 0 Å². The summed E-state index contributed by atoms with van der Waals surface area (Å²) in [7, 11) is -3.92. The molecule has 8 heteroatoms. The van der Waals surface area contributed by atoms with E-state index in [9.17, 15) is 13.2 Å². The van der Waals surface area contributed by atoms with Gasteiger partial charge in [-0.1, -0.05) is 40.2 Å². The van der Waals surface area contributed by atoms with E-state index in [1.807, 2.05) is 36.4 Å². The van der Waals surface area contributed by atoms with Gasteiger partial charge in [0.05, 0.1) is 0 Å². The Morgan fingerprint density at radius 1 is 1.15 bits per heavy atom. The lowest BCUT2D eigenvalue weighted by Gasteiger charge is -2.08. The Balaban J connectivity index is 1.60. The average Bonchev–Trinajstić information content (AvgIpc) is 3.19. The minimum atomic E-state index is -3.92. The number of hydrogen-bond donors (Lipinski definition) is 1. The molecule has 1 N–H and O–H groups in total. The van der Waals surface area contributed by atoms with Crippen LogP contribution in [0.4, 0.5) is 0 Å². The van der Waals surface area contributed by atoms with Crippen LogP contribution in [0.3, 0.4) is 0 Å². The van der Waals surface area contributed by atoms with Gasteiger partial charge < -0.3 is 4.57 Å². The summed E-state index contributed by atoms with van der Waals surface area (Å²) in [4.78, 5) is 12.5. The first kappa shape index (κ1) is 17.3. The molecule has 0 saturated heterocycles. The van der Waals surface area contributed by atoms with Crippen molar-refractivity contribution >= 4 is 64.2 Å². The Morgan fingerprint density at radius 3 is 2.81 bits per heavy atom. The molecule has 2 aromatic carbocycles. The zero-order chi connectivity index (χ0) is 18.3. The van der Waals surface area contributed by atoms with Gasteiger partial charge in [-0.25, -0.2) is 13.1 Å². The third-order valence-corrected chi connectivity index (χ3v) is 7.05. The van der Waals surface area contributed by atoms with Gasteiger partial charge in [0.2, 0.25) is 0 Å². The molecule has 0 atom stereocenters. The van der Waals surface area contributed by atoms with E-state index in [1.54, 1.807) is 28.3 Å². The fourth-order valence-electron chi connectivity index (χ4n) is 2.85. The van der Waals surface area contributed by atoms with E-state index in [1.165, 1.54) is 11.3 Å². The maximum absolute atomic E-state index is 12.6. The summed E-state index contributed by atoms with van der Waals surface area (Å²) in [6, 6.07) is 14.8. The van der Waals surface area contributed by atoms with E-state index in [2.05, 4.69) is 20.7 Å². The highest BCUT2D eigenvalue weighted by molar-refractivity contribution is 9.10. The van der Waals surface area contributed by atoms with Crippen molar-refractivity contribution in [3.63, 3.8) is 0 Å². The lowest BCUT2D eigenvalue weighted by molar-refractivity contribution is -0.119. The summed E-state index contributed by atoms with van der Waals surface area (Å²) in [6.07, 6.45) is 1.77. The van der Waals surface area contributed by atoms with Crippen LogP contribution in [0.15, 0.2) is 69.5 Å². The maximum Gasteiger partial charge on any atom is 0.265 e. The number of nitrogens with one attached hydrogen (secondary N) is 1. The number of aromatic nitrogens is 1. The molecule has 2 heterocycles. The van der Waals surface area contributed by atoms with Crippen molar-refractivity contribution in [3.8, 4) is 0 Å². The van der Waals surface area contributed by atoms with Gasteiger partial charge in [-0.15, -0.1) is 11.3 Å². The number of thiophene rings is 1. The number of hydrogen-bond acceptors (Lipinski definition) is 4. The Hall–Kier alpha value is -2.16. The van der Waals surface area contributed by atoms with Crippen LogP contribution in [0.25, 0.3) is 21.0 Å². The molecule has 5 nitrogen and oxygen atoms in total. The molecule has 0 unspecified atom stereocenters. The average molecular weight is 449 g/mol. The number of rotatable bonds is 4. The molecule has 0 spiro atoms. The number of carbonyl (C=O) groups excluding carboxylic acids is 1. The topological polar surface area (TPSA) is 68.2 Å². The summed E-state index contributed by atoms with van der Waals surface area (Å²) in [5.74, 6) is -0.585. The van der Waals surface area contributed by atoms with Gasteiger partial charge in [0.25, 0.3) is 15.9 Å². The van der Waals surface area contributed by atoms with Crippen LogP contribution < -0.4 is 4.72 Å². The number of halogens is 1. The minimum absolute atomic E-state index is 0.0821. The third kappa shape index (κ3) is 3.15. The van der Waals surface area contributed by atoms with E-state index >= 15 is 0 Å². The number of fused-ring (bicyclic) bond motifs is 2. The predicted molar refractivity (Wildman–Crippen MR) is 107 cm³/mol. The predicted octanol–water partition coefficient (Wildman–Crippen LogP) is 4.12. The number of sulfonamides is 1. The summed E-state index contributed by atoms with van der Waals surface area (Å²) >= 11 is 4.74. The zero-order valence-electron chi connectivity index (χ0n) is 13.3. The fraction of sp³-hybridized carbons (Fsp3) is 0.0556. The maximum atomic E-state index is 12.6. The smallest absolute Gasteiger partial charge is 0.265 e. The molecule has 26 heavy (non-hydrogen) atoms. The fourth-order valence-corrected chi connectivity index (χ4v) is 5.68. The Morgan fingerprint density at radius 2 is 1.96 bits per heavy atom. The zero-order valence-corrected chi connectivity index (χ0v) is 16.6. The number of benzene rings is 2. The third-order valence-electron chi connectivity index (χ3n) is 4.03. The minimum Gasteiger partial charge on any atom is -0.338 e. The monoisotopic (exact) mass is 448 g/mol. The molecule has 2 aromatic heterocycles. The van der Waals surface area contributed by atoms with Crippen LogP contribution in [0.2, 0.25) is 0 Å². The number of amides is 1. The van der Waals surface area contributed by atoms with E-state index < -0.39 is 15.9 Å². The van der Waals surface area contributed by atoms with E-state index in [4.69, 9.17) is 0 Å². The van der Waals surface area contributed by atoms with Crippen molar-refractivity contribution in [3.05, 3.63) is 64.6 Å². The van der Waals surface area contributed by atoms with E-state index in [0.29, 0.717) is 5.39 Å². The van der Waals surface area contributed by atoms with Crippen molar-refractivity contribution in [1.82, 2.24) is 9.29 Å². The highest BCUT2D eigenvalue weighted by Gasteiger charge is 2.21. The van der Waals surface area contributed by atoms with Crippen LogP contribution in [-0.4, -0.2) is 18.9 Å². The Kier molecular flexibility index (Phi) is 4.34. The molecule has 0 aliphatic rings. The summed E-state index contributed by atoms with van der Waals surface area (Å²) in [5, 5.41) is 3.16. The van der Waals surface area contributed by atoms with Crippen LogP contribution in [0, 0.1) is 0 Å². The second-order valence-electron chi connectivity index (χ2n) is 5.77. The quantitative estimate of drug-likeness (QED) is 0.510. The van der Waals surface area contributed by atoms with E-state index in [-0.39, 0.29) is 11.4 Å². The summed E-state index contributed by atoms with van der Waals surface area (Å²) in [6.45, 7) is -0.0821. The van der Waals surface area contributed by atoms with Crippen molar-refractivity contribution in [2.45, 2.75) is 11.4 Å². The van der Waals surface area contributed by atoms with Crippen LogP contribution >= 0.6 is 27.3 Å². The van der Waals surface area contributed by atoms with Crippen LogP contribution in [-0.2, 0) is 21.4 Å². The Labute approximate surface area is 162 Å². The molecule has 132 valence electrons. The molecule has 4 aromatic rings. The van der Waals surface area contributed by atoms with Gasteiger partial charge in [0.1, 0.15) is 11.4 Å². The molecular formula is C18H13BrN2O3S2. The van der Waals surface area contributed by atoms with Crippen LogP contribution in [0.1, 0.15) is 0 Å². The SMILES string of the molecule is O=C(Cn1ccc2ccc(Br)cc21)NS(=O)(=O)c1csc2ccccc12. The lowest BCUT2D eigenvalue weighted by atomic mass is 10.2. The van der Waals surface area contributed by atoms with Crippen molar-refractivity contribution < 1.29 is 13.2 Å². The summed E-state index contributed by atoms with van der Waals surface area (Å²) < 4.78 is 30.9. The van der Waals surface area contributed by atoms with Gasteiger partial charge in [-0.05, 0) is 29.7 Å². The Bertz CT molecular complexity index is 1240. The lowest BCUT2D eigenvalue weighted by Crippen LogP contribution is -2.33. The van der Waals surface area contributed by atoms with E-state index in [0.717, 1.165) is 20.1 Å². The number of carbonyl (C=O) groups is 1. The van der Waals surface area contributed by atoms with Crippen molar-refractivity contribution in [2.24, 2.45) is 0 Å². The van der Waals surface area contributed by atoms with Crippen LogP contribution in [0.5, 0.6) is 0 Å². The molecule has 0 saturated carbocycles. The molecular weight excluding hydrogens is 436 g/mol. The van der Waals surface area contributed by atoms with Gasteiger partial charge in [-0.2, -0.15) is 0 Å². The molecule has 1 amide bonds. The molecule has 0 radical (unpaired) electrons. The second-order valence-corrected chi connectivity index (χ2v) is 9.25. The van der Waals surface area contributed by atoms with Crippen molar-refractivity contribution in [2.75, 3.05) is 0 Å². The first-order chi connectivity index (χ1) is 12.4. The number of nitrogens with zero attached hydrogens (tertiary/aromatic N) is 1. The van der Waals surface area contributed by atoms with Gasteiger partial charge in [-0.3, -0.25) is 4.79 Å². The van der Waals surface area contributed by atoms with Gasteiger partial charge in [0, 0.05) is 31.7 Å². The standard InChI is InChI=1S/C18H13BrN2O3S2/c19-13-6-5-12-7-8-21(15(12)9-13)10-18(22)20-26(23,24)17-11-25-16-4-2-1-3-14(16)17/h1-9,11H,10H2,(H,20,22). The molecule has 0 fully saturated rings. The van der Waals surface area contributed by atoms with Gasteiger partial charge >= 0.3 is 0 Å². The first-order valence-electron chi connectivity index (χ1n) is 7.70. The molecule has 0 bridgehead atoms. The highest BCUT2D eigenvalue weighted by Crippen LogP contribution is 2.29. The second kappa shape index (κ2) is 6.53. The molecule has 4 rings (SSSR count). The highest BCUT2D eigenvalue weighted by atomic mass is 79.9. The van der Waals surface area contributed by atoms with Gasteiger partial charge in [0.15, 0.2) is 0 Å².